The maximum atomic E-state index is 3.15. The van der Waals surface area contributed by atoms with Crippen molar-refractivity contribution < 1.29 is 0 Å². The second-order valence-corrected chi connectivity index (χ2v) is 3.22. The molecule has 0 aliphatic heterocycles. The third-order valence-corrected chi connectivity index (χ3v) is 1.78. The Morgan fingerprint density at radius 1 is 1.62 bits per heavy atom. The lowest BCUT2D eigenvalue weighted by atomic mass is 10.1. The Bertz CT molecular complexity index is 41.8. The zero-order valence-electron chi connectivity index (χ0n) is 5.58. The van der Waals surface area contributed by atoms with Crippen LogP contribution >= 0.6 is 22.6 Å². The molecule has 2 heteroatoms. The molecule has 0 aromatic carbocycles. The van der Waals surface area contributed by atoms with Crippen LogP contribution in [0, 0.1) is 5.92 Å². The van der Waals surface area contributed by atoms with Crippen molar-refractivity contribution in [3.8, 4) is 0 Å². The van der Waals surface area contributed by atoms with Crippen molar-refractivity contribution in [3.05, 3.63) is 0 Å². The van der Waals surface area contributed by atoms with Gasteiger partial charge < -0.3 is 5.32 Å². The molecule has 0 bridgehead atoms. The second-order valence-electron chi connectivity index (χ2n) is 2.14. The van der Waals surface area contributed by atoms with Crippen molar-refractivity contribution in [1.29, 1.82) is 0 Å². The Kier molecular flexibility index (Phi) is 6.32. The zero-order valence-corrected chi connectivity index (χ0v) is 7.73. The summed E-state index contributed by atoms with van der Waals surface area (Å²) in [7, 11) is 2.00. The third kappa shape index (κ3) is 4.84. The number of rotatable bonds is 4. The van der Waals surface area contributed by atoms with Gasteiger partial charge in [-0.1, -0.05) is 29.5 Å². The van der Waals surface area contributed by atoms with Crippen LogP contribution in [-0.2, 0) is 0 Å². The molecule has 0 aromatic rings. The molecular formula is C6H14IN. The monoisotopic (exact) mass is 227 g/mol. The fourth-order valence-corrected chi connectivity index (χ4v) is 1.70. The van der Waals surface area contributed by atoms with Crippen LogP contribution in [0.5, 0.6) is 0 Å². The van der Waals surface area contributed by atoms with E-state index in [0.29, 0.717) is 0 Å². The number of alkyl halides is 1. The van der Waals surface area contributed by atoms with Gasteiger partial charge in [0.05, 0.1) is 0 Å². The lowest BCUT2D eigenvalue weighted by Crippen LogP contribution is -2.16. The van der Waals surface area contributed by atoms with Crippen LogP contribution in [0.4, 0.5) is 0 Å². The lowest BCUT2D eigenvalue weighted by Gasteiger charge is -2.06. The highest BCUT2D eigenvalue weighted by molar-refractivity contribution is 14.1. The maximum Gasteiger partial charge on any atom is -0.000172 e. The van der Waals surface area contributed by atoms with E-state index in [4.69, 9.17) is 0 Å². The van der Waals surface area contributed by atoms with E-state index in [1.807, 2.05) is 7.05 Å². The molecule has 1 N–H and O–H groups in total. The first-order valence-electron chi connectivity index (χ1n) is 3.01. The molecule has 0 fully saturated rings. The molecule has 0 aromatic heterocycles. The molecule has 0 saturated carbocycles. The molecule has 0 amide bonds. The van der Waals surface area contributed by atoms with Crippen molar-refractivity contribution >= 4 is 22.6 Å². The molecular weight excluding hydrogens is 213 g/mol. The Hall–Kier alpha value is 0.690. The van der Waals surface area contributed by atoms with E-state index in [-0.39, 0.29) is 0 Å². The van der Waals surface area contributed by atoms with Crippen molar-refractivity contribution in [2.75, 3.05) is 18.0 Å². The average molecular weight is 227 g/mol. The number of hydrogen-bond donors (Lipinski definition) is 1. The SMILES string of the molecule is CNCC(C)CCI. The van der Waals surface area contributed by atoms with Crippen molar-refractivity contribution in [1.82, 2.24) is 5.32 Å². The second kappa shape index (κ2) is 5.82. The summed E-state index contributed by atoms with van der Waals surface area (Å²) < 4.78 is 1.28. The Morgan fingerprint density at radius 2 is 2.25 bits per heavy atom. The summed E-state index contributed by atoms with van der Waals surface area (Å²) in [5.41, 5.74) is 0. The predicted octanol–water partition coefficient (Wildman–Crippen LogP) is 1.67. The van der Waals surface area contributed by atoms with Gasteiger partial charge in [-0.05, 0) is 30.4 Å². The molecule has 0 heterocycles. The molecule has 0 rings (SSSR count). The number of nitrogens with one attached hydrogen (secondary N) is 1. The van der Waals surface area contributed by atoms with Gasteiger partial charge in [-0.2, -0.15) is 0 Å². The average Bonchev–Trinajstić information content (AvgIpc) is 1.68. The van der Waals surface area contributed by atoms with Crippen molar-refractivity contribution in [2.24, 2.45) is 5.92 Å². The minimum atomic E-state index is 0.844. The van der Waals surface area contributed by atoms with Gasteiger partial charge in [0.15, 0.2) is 0 Å². The summed E-state index contributed by atoms with van der Waals surface area (Å²) in [5.74, 6) is 0.844. The van der Waals surface area contributed by atoms with E-state index < -0.39 is 0 Å². The number of hydrogen-bond acceptors (Lipinski definition) is 1. The normalized spacial score (nSPS) is 13.9. The quantitative estimate of drug-likeness (QED) is 0.569. The molecule has 8 heavy (non-hydrogen) atoms. The predicted molar refractivity (Wildman–Crippen MR) is 46.6 cm³/mol. The van der Waals surface area contributed by atoms with Crippen LogP contribution in [-0.4, -0.2) is 18.0 Å². The highest BCUT2D eigenvalue weighted by atomic mass is 127. The van der Waals surface area contributed by atoms with E-state index in [1.54, 1.807) is 0 Å². The fraction of sp³-hybridized carbons (Fsp3) is 1.00. The summed E-state index contributed by atoms with van der Waals surface area (Å²) in [5, 5.41) is 3.15. The molecule has 50 valence electrons. The van der Waals surface area contributed by atoms with Crippen LogP contribution in [0.25, 0.3) is 0 Å². The molecule has 0 aliphatic rings. The van der Waals surface area contributed by atoms with Gasteiger partial charge in [-0.3, -0.25) is 0 Å². The Balaban J connectivity index is 2.92. The summed E-state index contributed by atoms with van der Waals surface area (Å²) in [6.45, 7) is 3.43. The lowest BCUT2D eigenvalue weighted by molar-refractivity contribution is 0.535. The highest BCUT2D eigenvalue weighted by Gasteiger charge is 1.96. The first-order valence-corrected chi connectivity index (χ1v) is 4.54. The Morgan fingerprint density at radius 3 is 2.62 bits per heavy atom. The highest BCUT2D eigenvalue weighted by Crippen LogP contribution is 2.01. The summed E-state index contributed by atoms with van der Waals surface area (Å²) in [6, 6.07) is 0. The van der Waals surface area contributed by atoms with Crippen LogP contribution < -0.4 is 5.32 Å². The van der Waals surface area contributed by atoms with Crippen LogP contribution in [0.3, 0.4) is 0 Å². The van der Waals surface area contributed by atoms with E-state index in [9.17, 15) is 0 Å². The molecule has 1 atom stereocenters. The summed E-state index contributed by atoms with van der Waals surface area (Å²) >= 11 is 2.41. The van der Waals surface area contributed by atoms with Gasteiger partial charge >= 0.3 is 0 Å². The molecule has 0 spiro atoms. The Labute approximate surface area is 65.4 Å². The minimum absolute atomic E-state index is 0.844. The van der Waals surface area contributed by atoms with Crippen LogP contribution in [0.15, 0.2) is 0 Å². The largest absolute Gasteiger partial charge is 0.319 e. The van der Waals surface area contributed by atoms with E-state index >= 15 is 0 Å². The van der Waals surface area contributed by atoms with Gasteiger partial charge in [0.2, 0.25) is 0 Å². The third-order valence-electron chi connectivity index (χ3n) is 1.15. The van der Waals surface area contributed by atoms with Gasteiger partial charge in [0.25, 0.3) is 0 Å². The van der Waals surface area contributed by atoms with E-state index in [2.05, 4.69) is 34.8 Å². The van der Waals surface area contributed by atoms with E-state index in [1.165, 1.54) is 10.8 Å². The van der Waals surface area contributed by atoms with Crippen LogP contribution in [0.2, 0.25) is 0 Å². The summed E-state index contributed by atoms with van der Waals surface area (Å²) in [4.78, 5) is 0. The maximum absolute atomic E-state index is 3.15. The van der Waals surface area contributed by atoms with Crippen molar-refractivity contribution in [3.63, 3.8) is 0 Å². The first-order chi connectivity index (χ1) is 3.81. The topological polar surface area (TPSA) is 12.0 Å². The van der Waals surface area contributed by atoms with Crippen molar-refractivity contribution in [2.45, 2.75) is 13.3 Å². The molecule has 0 radical (unpaired) electrons. The molecule has 1 unspecified atom stereocenters. The fourth-order valence-electron chi connectivity index (χ4n) is 0.637. The smallest absolute Gasteiger partial charge is 0.000172 e. The molecule has 1 nitrogen and oxygen atoms in total. The molecule has 0 aliphatic carbocycles. The van der Waals surface area contributed by atoms with Gasteiger partial charge in [0.1, 0.15) is 0 Å². The molecule has 0 saturated heterocycles. The van der Waals surface area contributed by atoms with Gasteiger partial charge in [0, 0.05) is 0 Å². The summed E-state index contributed by atoms with van der Waals surface area (Å²) in [6.07, 6.45) is 1.33. The first kappa shape index (κ1) is 8.69. The van der Waals surface area contributed by atoms with E-state index in [0.717, 1.165) is 12.5 Å². The zero-order chi connectivity index (χ0) is 6.41. The standard InChI is InChI=1S/C6H14IN/c1-6(3-4-7)5-8-2/h6,8H,3-5H2,1-2H3. The number of halogens is 1. The van der Waals surface area contributed by atoms with Crippen LogP contribution in [0.1, 0.15) is 13.3 Å². The minimum Gasteiger partial charge on any atom is -0.319 e. The van der Waals surface area contributed by atoms with Gasteiger partial charge in [-0.15, -0.1) is 0 Å². The van der Waals surface area contributed by atoms with Gasteiger partial charge in [-0.25, -0.2) is 0 Å².